The minimum Gasteiger partial charge on any atom is -0.395 e. The summed E-state index contributed by atoms with van der Waals surface area (Å²) in [7, 11) is -2.16. The molecule has 0 aliphatic heterocycles. The Hall–Kier alpha value is -0.950. The van der Waals surface area contributed by atoms with Crippen molar-refractivity contribution in [2.24, 2.45) is 0 Å². The second-order valence-corrected chi connectivity index (χ2v) is 5.67. The van der Waals surface area contributed by atoms with E-state index in [9.17, 15) is 8.42 Å². The van der Waals surface area contributed by atoms with E-state index in [4.69, 9.17) is 9.84 Å². The molecule has 1 aromatic carbocycles. The topological polar surface area (TPSA) is 75.6 Å². The summed E-state index contributed by atoms with van der Waals surface area (Å²) in [6, 6.07) is 6.04. The lowest BCUT2D eigenvalue weighted by atomic mass is 10.2. The molecule has 1 atom stereocenters. The smallest absolute Gasteiger partial charge is 0.240 e. The van der Waals surface area contributed by atoms with Crippen LogP contribution < -0.4 is 4.72 Å². The van der Waals surface area contributed by atoms with Crippen LogP contribution in [-0.4, -0.2) is 39.9 Å². The van der Waals surface area contributed by atoms with Crippen molar-refractivity contribution in [3.05, 3.63) is 29.8 Å². The predicted molar refractivity (Wildman–Crippen MR) is 68.9 cm³/mol. The van der Waals surface area contributed by atoms with Gasteiger partial charge in [0, 0.05) is 7.11 Å². The molecule has 0 amide bonds. The first kappa shape index (κ1) is 15.1. The third kappa shape index (κ3) is 4.06. The number of aliphatic hydroxyl groups excluding tert-OH is 1. The second kappa shape index (κ2) is 6.84. The molecule has 2 N–H and O–H groups in total. The van der Waals surface area contributed by atoms with Gasteiger partial charge in [0.15, 0.2) is 0 Å². The number of hydrogen-bond acceptors (Lipinski definition) is 4. The van der Waals surface area contributed by atoms with Crippen molar-refractivity contribution in [3.63, 3.8) is 0 Å². The molecule has 0 saturated carbocycles. The number of aryl methyl sites for hydroxylation is 1. The van der Waals surface area contributed by atoms with E-state index in [0.29, 0.717) is 0 Å². The number of sulfonamides is 1. The largest absolute Gasteiger partial charge is 0.395 e. The van der Waals surface area contributed by atoms with Crippen LogP contribution in [0, 0.1) is 0 Å². The molecule has 1 unspecified atom stereocenters. The van der Waals surface area contributed by atoms with E-state index in [1.54, 1.807) is 24.3 Å². The maximum Gasteiger partial charge on any atom is 0.240 e. The molecular weight excluding hydrogens is 254 g/mol. The van der Waals surface area contributed by atoms with Gasteiger partial charge in [-0.05, 0) is 24.1 Å². The highest BCUT2D eigenvalue weighted by Crippen LogP contribution is 2.11. The fraction of sp³-hybridized carbons (Fsp3) is 0.500. The van der Waals surface area contributed by atoms with Crippen molar-refractivity contribution in [2.75, 3.05) is 20.3 Å². The summed E-state index contributed by atoms with van der Waals surface area (Å²) < 4.78 is 31.2. The molecule has 102 valence electrons. The van der Waals surface area contributed by atoms with Crippen molar-refractivity contribution in [1.82, 2.24) is 4.72 Å². The van der Waals surface area contributed by atoms with Crippen LogP contribution in [0.15, 0.2) is 29.2 Å². The summed E-state index contributed by atoms with van der Waals surface area (Å²) in [5.74, 6) is 0. The van der Waals surface area contributed by atoms with Gasteiger partial charge in [-0.3, -0.25) is 0 Å². The monoisotopic (exact) mass is 273 g/mol. The van der Waals surface area contributed by atoms with E-state index in [1.165, 1.54) is 7.11 Å². The van der Waals surface area contributed by atoms with Gasteiger partial charge in [-0.2, -0.15) is 0 Å². The number of nitrogens with one attached hydrogen (secondary N) is 1. The Bertz CT molecular complexity index is 455. The van der Waals surface area contributed by atoms with Gasteiger partial charge in [-0.15, -0.1) is 0 Å². The molecule has 6 heteroatoms. The lowest BCUT2D eigenvalue weighted by Gasteiger charge is -2.15. The second-order valence-electron chi connectivity index (χ2n) is 3.95. The van der Waals surface area contributed by atoms with Gasteiger partial charge in [0.25, 0.3) is 0 Å². The Morgan fingerprint density at radius 2 is 1.94 bits per heavy atom. The van der Waals surface area contributed by atoms with E-state index >= 15 is 0 Å². The summed E-state index contributed by atoms with van der Waals surface area (Å²) in [4.78, 5) is 0.189. The number of ether oxygens (including phenoxy) is 1. The number of methoxy groups -OCH3 is 1. The van der Waals surface area contributed by atoms with Crippen molar-refractivity contribution in [3.8, 4) is 0 Å². The van der Waals surface area contributed by atoms with Crippen LogP contribution in [0.5, 0.6) is 0 Å². The Morgan fingerprint density at radius 3 is 2.39 bits per heavy atom. The van der Waals surface area contributed by atoms with Gasteiger partial charge >= 0.3 is 0 Å². The van der Waals surface area contributed by atoms with Crippen molar-refractivity contribution < 1.29 is 18.3 Å². The quantitative estimate of drug-likeness (QED) is 0.760. The van der Waals surface area contributed by atoms with Gasteiger partial charge < -0.3 is 9.84 Å². The molecular formula is C12H19NO4S. The fourth-order valence-electron chi connectivity index (χ4n) is 1.52. The molecule has 0 heterocycles. The third-order valence-corrected chi connectivity index (χ3v) is 4.09. The number of aliphatic hydroxyl groups is 1. The van der Waals surface area contributed by atoms with Crippen LogP contribution in [-0.2, 0) is 21.2 Å². The number of hydrogen-bond donors (Lipinski definition) is 2. The molecule has 0 aromatic heterocycles. The van der Waals surface area contributed by atoms with Crippen LogP contribution in [0.2, 0.25) is 0 Å². The van der Waals surface area contributed by atoms with Crippen molar-refractivity contribution >= 4 is 10.0 Å². The van der Waals surface area contributed by atoms with E-state index in [-0.39, 0.29) is 18.1 Å². The molecule has 0 bridgehead atoms. The van der Waals surface area contributed by atoms with Gasteiger partial charge in [0.2, 0.25) is 10.0 Å². The van der Waals surface area contributed by atoms with E-state index < -0.39 is 16.1 Å². The highest BCUT2D eigenvalue weighted by Gasteiger charge is 2.19. The van der Waals surface area contributed by atoms with Crippen LogP contribution >= 0.6 is 0 Å². The molecule has 18 heavy (non-hydrogen) atoms. The molecule has 0 radical (unpaired) electrons. The van der Waals surface area contributed by atoms with Crippen molar-refractivity contribution in [1.29, 1.82) is 0 Å². The van der Waals surface area contributed by atoms with Gasteiger partial charge in [0.05, 0.1) is 24.2 Å². The van der Waals surface area contributed by atoms with Crippen LogP contribution in [0.4, 0.5) is 0 Å². The summed E-state index contributed by atoms with van der Waals surface area (Å²) in [5, 5.41) is 9.04. The zero-order valence-electron chi connectivity index (χ0n) is 10.6. The Labute approximate surface area is 108 Å². The zero-order valence-corrected chi connectivity index (χ0v) is 11.4. The van der Waals surface area contributed by atoms with Gasteiger partial charge in [-0.1, -0.05) is 19.1 Å². The molecule has 0 fully saturated rings. The Kier molecular flexibility index (Phi) is 5.74. The first-order valence-corrected chi connectivity index (χ1v) is 7.23. The third-order valence-electron chi connectivity index (χ3n) is 2.55. The normalized spacial score (nSPS) is 13.5. The average molecular weight is 273 g/mol. The van der Waals surface area contributed by atoms with Crippen LogP contribution in [0.25, 0.3) is 0 Å². The summed E-state index contributed by atoms with van der Waals surface area (Å²) in [5.41, 5.74) is 1.07. The zero-order chi connectivity index (χ0) is 13.6. The van der Waals surface area contributed by atoms with Crippen LogP contribution in [0.3, 0.4) is 0 Å². The fourth-order valence-corrected chi connectivity index (χ4v) is 2.73. The maximum atomic E-state index is 12.0. The number of rotatable bonds is 7. The first-order valence-electron chi connectivity index (χ1n) is 5.74. The summed E-state index contributed by atoms with van der Waals surface area (Å²) in [6.45, 7) is 1.82. The minimum atomic E-state index is -3.61. The van der Waals surface area contributed by atoms with Crippen molar-refractivity contribution in [2.45, 2.75) is 24.3 Å². The van der Waals surface area contributed by atoms with Crippen LogP contribution in [0.1, 0.15) is 12.5 Å². The summed E-state index contributed by atoms with van der Waals surface area (Å²) in [6.07, 6.45) is 0.858. The lowest BCUT2D eigenvalue weighted by molar-refractivity contribution is 0.139. The van der Waals surface area contributed by atoms with E-state index in [1.807, 2.05) is 6.92 Å². The average Bonchev–Trinajstić information content (AvgIpc) is 2.38. The Morgan fingerprint density at radius 1 is 1.33 bits per heavy atom. The minimum absolute atomic E-state index is 0.128. The molecule has 1 aromatic rings. The molecule has 1 rings (SSSR count). The number of benzene rings is 1. The SMILES string of the molecule is CCc1ccc(S(=O)(=O)NC(CO)COC)cc1. The highest BCUT2D eigenvalue weighted by atomic mass is 32.2. The van der Waals surface area contributed by atoms with Gasteiger partial charge in [0.1, 0.15) is 0 Å². The Balaban J connectivity index is 2.84. The molecule has 5 nitrogen and oxygen atoms in total. The van der Waals surface area contributed by atoms with E-state index in [2.05, 4.69) is 4.72 Å². The molecule has 0 aliphatic rings. The molecule has 0 spiro atoms. The highest BCUT2D eigenvalue weighted by molar-refractivity contribution is 7.89. The first-order chi connectivity index (χ1) is 8.53. The predicted octanol–water partition coefficient (Wildman–Crippen LogP) is 0.535. The lowest BCUT2D eigenvalue weighted by Crippen LogP contribution is -2.40. The maximum absolute atomic E-state index is 12.0. The van der Waals surface area contributed by atoms with E-state index in [0.717, 1.165) is 12.0 Å². The molecule has 0 saturated heterocycles. The molecule has 0 aliphatic carbocycles. The van der Waals surface area contributed by atoms with Gasteiger partial charge in [-0.25, -0.2) is 13.1 Å². The standard InChI is InChI=1S/C12H19NO4S/c1-3-10-4-6-12(7-5-10)18(15,16)13-11(8-14)9-17-2/h4-7,11,13-14H,3,8-9H2,1-2H3. The summed E-state index contributed by atoms with van der Waals surface area (Å²) >= 11 is 0.